The Hall–Kier alpha value is -1.92. The molecule has 3 atom stereocenters. The molecule has 2 rings (SSSR count). The summed E-state index contributed by atoms with van der Waals surface area (Å²) in [6.07, 6.45) is 0. The van der Waals surface area contributed by atoms with Gasteiger partial charge in [-0.15, -0.1) is 0 Å². The molecule has 3 unspecified atom stereocenters. The van der Waals surface area contributed by atoms with E-state index in [1.165, 1.54) is 4.90 Å². The Morgan fingerprint density at radius 1 is 1.38 bits per heavy atom. The van der Waals surface area contributed by atoms with Crippen LogP contribution in [0.3, 0.4) is 0 Å². The van der Waals surface area contributed by atoms with Crippen molar-refractivity contribution < 1.29 is 19.4 Å². The molecular formula is C15H20N2O4. The third-order valence-electron chi connectivity index (χ3n) is 3.81. The van der Waals surface area contributed by atoms with Gasteiger partial charge in [-0.25, -0.2) is 4.79 Å². The van der Waals surface area contributed by atoms with E-state index in [1.807, 2.05) is 30.3 Å². The normalized spacial score (nSPS) is 21.6. The van der Waals surface area contributed by atoms with Gasteiger partial charge in [0.25, 0.3) is 0 Å². The highest BCUT2D eigenvalue weighted by Crippen LogP contribution is 2.23. The summed E-state index contributed by atoms with van der Waals surface area (Å²) in [7, 11) is 0. The van der Waals surface area contributed by atoms with Crippen molar-refractivity contribution in [2.75, 3.05) is 19.8 Å². The molecule has 0 saturated carbocycles. The predicted octanol–water partition coefficient (Wildman–Crippen LogP) is 0.635. The lowest BCUT2D eigenvalue weighted by Gasteiger charge is -2.35. The van der Waals surface area contributed by atoms with Crippen LogP contribution in [0.2, 0.25) is 0 Å². The molecule has 0 bridgehead atoms. The van der Waals surface area contributed by atoms with Crippen LogP contribution in [0.4, 0.5) is 0 Å². The Morgan fingerprint density at radius 3 is 2.67 bits per heavy atom. The first-order valence-corrected chi connectivity index (χ1v) is 6.94. The Morgan fingerprint density at radius 2 is 2.05 bits per heavy atom. The lowest BCUT2D eigenvalue weighted by Crippen LogP contribution is -2.54. The summed E-state index contributed by atoms with van der Waals surface area (Å²) in [6, 6.07) is 7.94. The minimum Gasteiger partial charge on any atom is -0.480 e. The molecule has 21 heavy (non-hydrogen) atoms. The van der Waals surface area contributed by atoms with Crippen molar-refractivity contribution in [3.63, 3.8) is 0 Å². The van der Waals surface area contributed by atoms with Crippen molar-refractivity contribution in [3.8, 4) is 0 Å². The van der Waals surface area contributed by atoms with Gasteiger partial charge in [-0.05, 0) is 5.56 Å². The van der Waals surface area contributed by atoms with Crippen molar-refractivity contribution in [2.45, 2.75) is 19.0 Å². The number of carboxylic acid groups (broad SMARTS) is 1. The van der Waals surface area contributed by atoms with Gasteiger partial charge in [0.2, 0.25) is 5.91 Å². The van der Waals surface area contributed by atoms with Crippen LogP contribution in [0.25, 0.3) is 0 Å². The number of hydrogen-bond donors (Lipinski definition) is 2. The van der Waals surface area contributed by atoms with E-state index in [4.69, 9.17) is 10.5 Å². The van der Waals surface area contributed by atoms with Crippen LogP contribution < -0.4 is 5.73 Å². The zero-order valence-corrected chi connectivity index (χ0v) is 11.9. The maximum Gasteiger partial charge on any atom is 0.328 e. The second-order valence-electron chi connectivity index (χ2n) is 5.19. The highest BCUT2D eigenvalue weighted by molar-refractivity contribution is 5.85. The third-order valence-corrected chi connectivity index (χ3v) is 3.81. The van der Waals surface area contributed by atoms with Gasteiger partial charge in [0.05, 0.1) is 19.1 Å². The van der Waals surface area contributed by atoms with E-state index in [-0.39, 0.29) is 19.1 Å². The summed E-state index contributed by atoms with van der Waals surface area (Å²) >= 11 is 0. The van der Waals surface area contributed by atoms with Crippen molar-refractivity contribution >= 4 is 11.9 Å². The second-order valence-corrected chi connectivity index (χ2v) is 5.19. The summed E-state index contributed by atoms with van der Waals surface area (Å²) < 4.78 is 5.14. The van der Waals surface area contributed by atoms with Gasteiger partial charge >= 0.3 is 5.97 Å². The van der Waals surface area contributed by atoms with E-state index in [9.17, 15) is 14.7 Å². The van der Waals surface area contributed by atoms with Crippen molar-refractivity contribution in [2.24, 2.45) is 11.7 Å². The highest BCUT2D eigenvalue weighted by Gasteiger charge is 2.36. The van der Waals surface area contributed by atoms with Crippen LogP contribution in [0.1, 0.15) is 18.5 Å². The maximum absolute atomic E-state index is 12.6. The molecule has 3 N–H and O–H groups in total. The topological polar surface area (TPSA) is 92.9 Å². The minimum atomic E-state index is -1.05. The minimum absolute atomic E-state index is 0.0222. The average molecular weight is 292 g/mol. The van der Waals surface area contributed by atoms with Crippen LogP contribution in [0, 0.1) is 5.92 Å². The summed E-state index contributed by atoms with van der Waals surface area (Å²) in [5.74, 6) is -1.79. The SMILES string of the molecule is CC(C(=O)N1CCOCC1C(=O)O)C(N)c1ccccc1. The van der Waals surface area contributed by atoms with Crippen LogP contribution in [0.5, 0.6) is 0 Å². The van der Waals surface area contributed by atoms with Gasteiger partial charge in [-0.2, -0.15) is 0 Å². The van der Waals surface area contributed by atoms with Crippen LogP contribution in [0.15, 0.2) is 30.3 Å². The zero-order valence-electron chi connectivity index (χ0n) is 11.9. The fraction of sp³-hybridized carbons (Fsp3) is 0.467. The second kappa shape index (κ2) is 6.69. The number of amides is 1. The van der Waals surface area contributed by atoms with Gasteiger partial charge in [0.15, 0.2) is 6.04 Å². The molecular weight excluding hydrogens is 272 g/mol. The summed E-state index contributed by atoms with van der Waals surface area (Å²) in [5.41, 5.74) is 7.00. The molecule has 0 aromatic heterocycles. The Bertz CT molecular complexity index is 506. The van der Waals surface area contributed by atoms with Gasteiger partial charge in [0, 0.05) is 12.6 Å². The summed E-state index contributed by atoms with van der Waals surface area (Å²) in [4.78, 5) is 25.1. The van der Waals surface area contributed by atoms with E-state index in [1.54, 1.807) is 6.92 Å². The first-order chi connectivity index (χ1) is 10.0. The molecule has 1 heterocycles. The summed E-state index contributed by atoms with van der Waals surface area (Å²) in [5, 5.41) is 9.19. The molecule has 114 valence electrons. The number of aliphatic carboxylic acids is 1. The van der Waals surface area contributed by atoms with E-state index >= 15 is 0 Å². The largest absolute Gasteiger partial charge is 0.480 e. The number of morpholine rings is 1. The molecule has 1 fully saturated rings. The smallest absolute Gasteiger partial charge is 0.328 e. The standard InChI is InChI=1S/C15H20N2O4/c1-10(13(16)11-5-3-2-4-6-11)14(18)17-7-8-21-9-12(17)15(19)20/h2-6,10,12-13H,7-9,16H2,1H3,(H,19,20). The molecule has 0 radical (unpaired) electrons. The average Bonchev–Trinajstić information content (AvgIpc) is 2.53. The molecule has 6 nitrogen and oxygen atoms in total. The molecule has 1 amide bonds. The fourth-order valence-electron chi connectivity index (χ4n) is 2.45. The first kappa shape index (κ1) is 15.5. The third kappa shape index (κ3) is 3.40. The number of ether oxygens (including phenoxy) is 1. The number of carbonyl (C=O) groups excluding carboxylic acids is 1. The van der Waals surface area contributed by atoms with Crippen LogP contribution >= 0.6 is 0 Å². The molecule has 0 aliphatic carbocycles. The molecule has 1 aromatic carbocycles. The molecule has 0 spiro atoms. The van der Waals surface area contributed by atoms with E-state index in [0.717, 1.165) is 5.56 Å². The fourth-order valence-corrected chi connectivity index (χ4v) is 2.45. The van der Waals surface area contributed by atoms with E-state index < -0.39 is 24.0 Å². The molecule has 6 heteroatoms. The molecule has 1 aliphatic rings. The van der Waals surface area contributed by atoms with Crippen molar-refractivity contribution in [1.29, 1.82) is 0 Å². The highest BCUT2D eigenvalue weighted by atomic mass is 16.5. The van der Waals surface area contributed by atoms with Crippen molar-refractivity contribution in [1.82, 2.24) is 4.90 Å². The first-order valence-electron chi connectivity index (χ1n) is 6.94. The molecule has 1 saturated heterocycles. The summed E-state index contributed by atoms with van der Waals surface area (Å²) in [6.45, 7) is 2.38. The Kier molecular flexibility index (Phi) is 4.93. The lowest BCUT2D eigenvalue weighted by molar-refractivity contribution is -0.160. The van der Waals surface area contributed by atoms with Crippen LogP contribution in [-0.4, -0.2) is 47.7 Å². The van der Waals surface area contributed by atoms with E-state index in [0.29, 0.717) is 6.61 Å². The Labute approximate surface area is 123 Å². The number of rotatable bonds is 4. The molecule has 1 aliphatic heterocycles. The number of hydrogen-bond acceptors (Lipinski definition) is 4. The lowest BCUT2D eigenvalue weighted by atomic mass is 9.93. The van der Waals surface area contributed by atoms with Crippen LogP contribution in [-0.2, 0) is 14.3 Å². The number of carbonyl (C=O) groups is 2. The van der Waals surface area contributed by atoms with Gasteiger partial charge in [0.1, 0.15) is 0 Å². The van der Waals surface area contributed by atoms with Gasteiger partial charge in [-0.3, -0.25) is 4.79 Å². The van der Waals surface area contributed by atoms with Crippen molar-refractivity contribution in [3.05, 3.63) is 35.9 Å². The number of benzene rings is 1. The molecule has 1 aromatic rings. The number of nitrogens with zero attached hydrogens (tertiary/aromatic N) is 1. The monoisotopic (exact) mass is 292 g/mol. The maximum atomic E-state index is 12.6. The van der Waals surface area contributed by atoms with Gasteiger partial charge < -0.3 is 20.5 Å². The van der Waals surface area contributed by atoms with Gasteiger partial charge in [-0.1, -0.05) is 37.3 Å². The number of nitrogens with two attached hydrogens (primary N) is 1. The number of carboxylic acids is 1. The van der Waals surface area contributed by atoms with E-state index in [2.05, 4.69) is 0 Å². The quantitative estimate of drug-likeness (QED) is 0.849. The predicted molar refractivity (Wildman–Crippen MR) is 76.5 cm³/mol. The Balaban J connectivity index is 2.12. The zero-order chi connectivity index (χ0) is 15.4.